The Hall–Kier alpha value is -2.62. The summed E-state index contributed by atoms with van der Waals surface area (Å²) >= 11 is 0. The van der Waals surface area contributed by atoms with Gasteiger partial charge in [-0.05, 0) is 23.3 Å². The lowest BCUT2D eigenvalue weighted by atomic mass is 10.0. The van der Waals surface area contributed by atoms with Gasteiger partial charge in [0, 0.05) is 12.1 Å². The number of carbonyl (C=O) groups excluding carboxylic acids is 1. The van der Waals surface area contributed by atoms with Gasteiger partial charge in [-0.15, -0.1) is 0 Å². The Bertz CT molecular complexity index is 592. The Morgan fingerprint density at radius 1 is 1.15 bits per heavy atom. The van der Waals surface area contributed by atoms with Gasteiger partial charge in [0.1, 0.15) is 0 Å². The number of rotatable bonds is 5. The summed E-state index contributed by atoms with van der Waals surface area (Å²) in [7, 11) is 0. The fourth-order valence-corrected chi connectivity index (χ4v) is 1.75. The third-order valence-electron chi connectivity index (χ3n) is 2.94. The molecule has 0 amide bonds. The van der Waals surface area contributed by atoms with E-state index in [0.717, 1.165) is 5.69 Å². The number of hydrogen-bond donors (Lipinski definition) is 1. The quantitative estimate of drug-likeness (QED) is 0.667. The highest BCUT2D eigenvalue weighted by atomic mass is 16.4. The first-order valence-electron chi connectivity index (χ1n) is 6.32. The van der Waals surface area contributed by atoms with Crippen molar-refractivity contribution in [3.63, 3.8) is 0 Å². The number of hydrazone groups is 1. The zero-order valence-corrected chi connectivity index (χ0v) is 11.1. The highest BCUT2D eigenvalue weighted by Gasteiger charge is 2.00. The molecule has 0 aliphatic carbocycles. The second-order valence-electron chi connectivity index (χ2n) is 4.45. The minimum Gasteiger partial charge on any atom is -0.545 e. The Morgan fingerprint density at radius 2 is 1.80 bits per heavy atom. The summed E-state index contributed by atoms with van der Waals surface area (Å²) in [6.07, 6.45) is 1.81. The SMILES string of the molecule is C[C@H](/C=N\Nc1ccc(C(=O)[O-])cc1)c1ccccc1. The third kappa shape index (κ3) is 3.68. The molecule has 0 spiro atoms. The van der Waals surface area contributed by atoms with Crippen LogP contribution in [0.5, 0.6) is 0 Å². The van der Waals surface area contributed by atoms with Gasteiger partial charge < -0.3 is 9.90 Å². The molecular weight excluding hydrogens is 252 g/mol. The summed E-state index contributed by atoms with van der Waals surface area (Å²) in [6, 6.07) is 16.3. The molecule has 4 nitrogen and oxygen atoms in total. The van der Waals surface area contributed by atoms with Crippen molar-refractivity contribution in [2.75, 3.05) is 5.43 Å². The lowest BCUT2D eigenvalue weighted by Crippen LogP contribution is -2.21. The molecule has 1 N–H and O–H groups in total. The van der Waals surface area contributed by atoms with Crippen molar-refractivity contribution >= 4 is 17.9 Å². The van der Waals surface area contributed by atoms with Gasteiger partial charge >= 0.3 is 0 Å². The zero-order valence-electron chi connectivity index (χ0n) is 11.1. The van der Waals surface area contributed by atoms with Gasteiger partial charge in [-0.25, -0.2) is 0 Å². The number of carbonyl (C=O) groups is 1. The van der Waals surface area contributed by atoms with Gasteiger partial charge in [-0.1, -0.05) is 49.4 Å². The Balaban J connectivity index is 1.94. The maximum atomic E-state index is 10.6. The number of nitrogens with zero attached hydrogens (tertiary/aromatic N) is 1. The van der Waals surface area contributed by atoms with E-state index < -0.39 is 5.97 Å². The monoisotopic (exact) mass is 267 g/mol. The molecule has 0 radical (unpaired) electrons. The predicted molar refractivity (Wildman–Crippen MR) is 77.7 cm³/mol. The first kappa shape index (κ1) is 13.8. The average Bonchev–Trinajstić information content (AvgIpc) is 2.48. The summed E-state index contributed by atoms with van der Waals surface area (Å²) in [4.78, 5) is 10.6. The van der Waals surface area contributed by atoms with Crippen LogP contribution in [0.1, 0.15) is 28.8 Å². The molecule has 0 aliphatic heterocycles. The van der Waals surface area contributed by atoms with Crippen LogP contribution < -0.4 is 10.5 Å². The van der Waals surface area contributed by atoms with E-state index in [1.807, 2.05) is 36.5 Å². The molecule has 0 fully saturated rings. The van der Waals surface area contributed by atoms with Crippen molar-refractivity contribution in [3.8, 4) is 0 Å². The van der Waals surface area contributed by atoms with Crippen molar-refractivity contribution in [3.05, 3.63) is 65.7 Å². The largest absolute Gasteiger partial charge is 0.545 e. The average molecular weight is 267 g/mol. The van der Waals surface area contributed by atoms with Gasteiger partial charge in [0.2, 0.25) is 0 Å². The van der Waals surface area contributed by atoms with Gasteiger partial charge in [-0.3, -0.25) is 5.43 Å². The minimum atomic E-state index is -1.18. The van der Waals surface area contributed by atoms with E-state index in [0.29, 0.717) is 0 Å². The number of benzene rings is 2. The maximum Gasteiger partial charge on any atom is 0.0715 e. The number of nitrogens with one attached hydrogen (secondary N) is 1. The second-order valence-corrected chi connectivity index (χ2v) is 4.45. The topological polar surface area (TPSA) is 64.5 Å². The summed E-state index contributed by atoms with van der Waals surface area (Å²) in [5.41, 5.74) is 4.93. The summed E-state index contributed by atoms with van der Waals surface area (Å²) in [5.74, 6) is -0.982. The predicted octanol–water partition coefficient (Wildman–Crippen LogP) is 2.25. The van der Waals surface area contributed by atoms with Crippen molar-refractivity contribution in [2.24, 2.45) is 5.10 Å². The molecule has 1 atom stereocenters. The van der Waals surface area contributed by atoms with Crippen molar-refractivity contribution < 1.29 is 9.90 Å². The van der Waals surface area contributed by atoms with Crippen LogP contribution in [0.25, 0.3) is 0 Å². The van der Waals surface area contributed by atoms with E-state index in [1.54, 1.807) is 12.1 Å². The van der Waals surface area contributed by atoms with Crippen LogP contribution in [0, 0.1) is 0 Å². The number of aromatic carboxylic acids is 1. The molecule has 0 saturated carbocycles. The van der Waals surface area contributed by atoms with E-state index in [1.165, 1.54) is 17.7 Å². The molecule has 0 aliphatic rings. The van der Waals surface area contributed by atoms with E-state index in [9.17, 15) is 9.90 Å². The molecule has 0 saturated heterocycles. The van der Waals surface area contributed by atoms with Gasteiger partial charge in [-0.2, -0.15) is 5.10 Å². The zero-order chi connectivity index (χ0) is 14.4. The number of hydrogen-bond acceptors (Lipinski definition) is 4. The van der Waals surface area contributed by atoms with Crippen LogP contribution in [-0.2, 0) is 0 Å². The van der Waals surface area contributed by atoms with Crippen LogP contribution in [0.15, 0.2) is 59.7 Å². The Labute approximate surface area is 117 Å². The molecule has 0 heterocycles. The van der Waals surface area contributed by atoms with E-state index in [-0.39, 0.29) is 11.5 Å². The third-order valence-corrected chi connectivity index (χ3v) is 2.94. The van der Waals surface area contributed by atoms with Crippen molar-refractivity contribution in [1.29, 1.82) is 0 Å². The molecule has 0 unspecified atom stereocenters. The standard InChI is InChI=1S/C16H16N2O2/c1-12(13-5-3-2-4-6-13)11-17-18-15-9-7-14(8-10-15)16(19)20/h2-12,18H,1H3,(H,19,20)/p-1/b17-11-/t12-/m1/s1. The summed E-state index contributed by atoms with van der Waals surface area (Å²) < 4.78 is 0. The summed E-state index contributed by atoms with van der Waals surface area (Å²) in [6.45, 7) is 2.06. The Kier molecular flexibility index (Phi) is 4.50. The fraction of sp³-hybridized carbons (Fsp3) is 0.125. The smallest absolute Gasteiger partial charge is 0.0715 e. The minimum absolute atomic E-state index is 0.150. The number of carboxylic acid groups (broad SMARTS) is 1. The van der Waals surface area contributed by atoms with Crippen LogP contribution in [0.4, 0.5) is 5.69 Å². The molecule has 102 valence electrons. The maximum absolute atomic E-state index is 10.6. The van der Waals surface area contributed by atoms with Crippen LogP contribution in [-0.4, -0.2) is 12.2 Å². The van der Waals surface area contributed by atoms with E-state index >= 15 is 0 Å². The molecular formula is C16H15N2O2-. The highest BCUT2D eigenvalue weighted by molar-refractivity contribution is 5.86. The molecule has 0 aromatic heterocycles. The second kappa shape index (κ2) is 6.52. The van der Waals surface area contributed by atoms with Crippen LogP contribution in [0.2, 0.25) is 0 Å². The number of carboxylic acids is 1. The van der Waals surface area contributed by atoms with Gasteiger partial charge in [0.05, 0.1) is 11.7 Å². The lowest BCUT2D eigenvalue weighted by molar-refractivity contribution is -0.255. The van der Waals surface area contributed by atoms with Crippen molar-refractivity contribution in [2.45, 2.75) is 12.8 Å². The summed E-state index contributed by atoms with van der Waals surface area (Å²) in [5, 5.41) is 14.8. The molecule has 2 aromatic rings. The number of anilines is 1. The molecule has 2 rings (SSSR count). The van der Waals surface area contributed by atoms with Gasteiger partial charge in [0.15, 0.2) is 0 Å². The lowest BCUT2D eigenvalue weighted by Gasteiger charge is -2.06. The van der Waals surface area contributed by atoms with Crippen LogP contribution in [0.3, 0.4) is 0 Å². The van der Waals surface area contributed by atoms with E-state index in [2.05, 4.69) is 17.5 Å². The van der Waals surface area contributed by atoms with Crippen LogP contribution >= 0.6 is 0 Å². The van der Waals surface area contributed by atoms with Gasteiger partial charge in [0.25, 0.3) is 0 Å². The normalized spacial score (nSPS) is 12.2. The van der Waals surface area contributed by atoms with Crippen molar-refractivity contribution in [1.82, 2.24) is 0 Å². The first-order valence-corrected chi connectivity index (χ1v) is 6.32. The molecule has 4 heteroatoms. The first-order chi connectivity index (χ1) is 9.66. The molecule has 2 aromatic carbocycles. The molecule has 20 heavy (non-hydrogen) atoms. The Morgan fingerprint density at radius 3 is 2.40 bits per heavy atom. The highest BCUT2D eigenvalue weighted by Crippen LogP contribution is 2.13. The molecule has 0 bridgehead atoms. The fourth-order valence-electron chi connectivity index (χ4n) is 1.75. The van der Waals surface area contributed by atoms with E-state index in [4.69, 9.17) is 0 Å².